The molecule has 0 saturated carbocycles. The summed E-state index contributed by atoms with van der Waals surface area (Å²) in [5.41, 5.74) is 7.50. The Bertz CT molecular complexity index is 459. The van der Waals surface area contributed by atoms with Gasteiger partial charge in [0.15, 0.2) is 4.34 Å². The summed E-state index contributed by atoms with van der Waals surface area (Å²) >= 11 is 3.03. The number of nitrogens with two attached hydrogens (primary N) is 1. The highest BCUT2D eigenvalue weighted by Gasteiger charge is 2.05. The maximum Gasteiger partial charge on any atom is 0.170 e. The van der Waals surface area contributed by atoms with Gasteiger partial charge in [-0.15, -0.1) is 0 Å². The summed E-state index contributed by atoms with van der Waals surface area (Å²) < 4.78 is 10.2. The lowest BCUT2D eigenvalue weighted by molar-refractivity contribution is 0.411. The lowest BCUT2D eigenvalue weighted by Crippen LogP contribution is -1.93. The molecule has 4 nitrogen and oxygen atoms in total. The maximum absolute atomic E-state index is 5.69. The molecule has 16 heavy (non-hydrogen) atoms. The van der Waals surface area contributed by atoms with Crippen LogP contribution in [-0.4, -0.2) is 16.5 Å². The van der Waals surface area contributed by atoms with E-state index in [4.69, 9.17) is 10.5 Å². The van der Waals surface area contributed by atoms with Crippen LogP contribution in [0, 0.1) is 0 Å². The third kappa shape index (κ3) is 2.65. The van der Waals surface area contributed by atoms with Crippen molar-refractivity contribution in [2.24, 2.45) is 0 Å². The number of hydrogen-bond acceptors (Lipinski definition) is 6. The Labute approximate surface area is 102 Å². The highest BCUT2D eigenvalue weighted by molar-refractivity contribution is 8.00. The summed E-state index contributed by atoms with van der Waals surface area (Å²) in [6.45, 7) is 0. The number of thioether (sulfide) groups is 1. The first-order valence-electron chi connectivity index (χ1n) is 4.61. The number of nitrogen functional groups attached to an aromatic ring is 1. The third-order valence-electron chi connectivity index (χ3n) is 2.00. The second-order valence-corrected chi connectivity index (χ2v) is 5.07. The number of methoxy groups -OCH3 is 1. The SMILES string of the molecule is COc1cc(N)ccc1CSc1ncns1. The monoisotopic (exact) mass is 253 g/mol. The number of nitrogens with zero attached hydrogens (tertiary/aromatic N) is 2. The van der Waals surface area contributed by atoms with E-state index in [1.165, 1.54) is 11.5 Å². The second kappa shape index (κ2) is 5.18. The Kier molecular flexibility index (Phi) is 3.63. The zero-order chi connectivity index (χ0) is 11.4. The molecule has 0 unspecified atom stereocenters. The number of anilines is 1. The Morgan fingerprint density at radius 2 is 2.38 bits per heavy atom. The molecule has 0 atom stereocenters. The number of ether oxygens (including phenoxy) is 1. The fraction of sp³-hybridized carbons (Fsp3) is 0.200. The van der Waals surface area contributed by atoms with Crippen molar-refractivity contribution in [2.75, 3.05) is 12.8 Å². The van der Waals surface area contributed by atoms with Crippen LogP contribution in [0.15, 0.2) is 28.9 Å². The van der Waals surface area contributed by atoms with Crippen LogP contribution in [0.4, 0.5) is 5.69 Å². The summed E-state index contributed by atoms with van der Waals surface area (Å²) in [4.78, 5) is 4.11. The van der Waals surface area contributed by atoms with Gasteiger partial charge in [-0.3, -0.25) is 0 Å². The Balaban J connectivity index is 2.09. The molecule has 6 heteroatoms. The number of aromatic nitrogens is 2. The highest BCUT2D eigenvalue weighted by Crippen LogP contribution is 2.29. The van der Waals surface area contributed by atoms with Gasteiger partial charge < -0.3 is 10.5 Å². The maximum atomic E-state index is 5.69. The van der Waals surface area contributed by atoms with Gasteiger partial charge in [-0.25, -0.2) is 4.98 Å². The minimum atomic E-state index is 0.710. The van der Waals surface area contributed by atoms with Gasteiger partial charge in [0.1, 0.15) is 12.1 Å². The molecule has 2 rings (SSSR count). The van der Waals surface area contributed by atoms with Crippen LogP contribution >= 0.6 is 23.3 Å². The molecule has 1 aromatic heterocycles. The first-order valence-corrected chi connectivity index (χ1v) is 6.37. The van der Waals surface area contributed by atoms with Crippen LogP contribution in [0.2, 0.25) is 0 Å². The van der Waals surface area contributed by atoms with Crippen molar-refractivity contribution in [1.82, 2.24) is 9.36 Å². The summed E-state index contributed by atoms with van der Waals surface area (Å²) in [6.07, 6.45) is 1.56. The second-order valence-electron chi connectivity index (χ2n) is 3.07. The summed E-state index contributed by atoms with van der Waals surface area (Å²) in [5, 5.41) is 0. The fourth-order valence-electron chi connectivity index (χ4n) is 1.25. The van der Waals surface area contributed by atoms with Crippen molar-refractivity contribution in [2.45, 2.75) is 10.1 Å². The standard InChI is InChI=1S/C10H11N3OS2/c1-14-9-4-8(11)3-2-7(9)5-15-10-12-6-13-16-10/h2-4,6H,5,11H2,1H3. The van der Waals surface area contributed by atoms with Crippen molar-refractivity contribution >= 4 is 29.0 Å². The largest absolute Gasteiger partial charge is 0.496 e. The normalized spacial score (nSPS) is 10.3. The van der Waals surface area contributed by atoms with Crippen molar-refractivity contribution in [3.63, 3.8) is 0 Å². The molecule has 84 valence electrons. The van der Waals surface area contributed by atoms with Gasteiger partial charge in [-0.1, -0.05) is 17.8 Å². The van der Waals surface area contributed by atoms with Crippen LogP contribution < -0.4 is 10.5 Å². The zero-order valence-corrected chi connectivity index (χ0v) is 10.3. The summed E-state index contributed by atoms with van der Waals surface area (Å²) in [6, 6.07) is 5.68. The average Bonchev–Trinajstić information content (AvgIpc) is 2.80. The molecule has 0 fully saturated rings. The smallest absolute Gasteiger partial charge is 0.170 e. The number of rotatable bonds is 4. The minimum absolute atomic E-state index is 0.710. The first-order chi connectivity index (χ1) is 7.79. The van der Waals surface area contributed by atoms with E-state index in [0.717, 1.165) is 21.4 Å². The fourth-order valence-corrected chi connectivity index (χ4v) is 2.68. The van der Waals surface area contributed by atoms with Crippen molar-refractivity contribution in [3.8, 4) is 5.75 Å². The molecule has 0 bridgehead atoms. The number of hydrogen-bond donors (Lipinski definition) is 1. The van der Waals surface area contributed by atoms with Gasteiger partial charge in [0.25, 0.3) is 0 Å². The molecule has 0 radical (unpaired) electrons. The predicted octanol–water partition coefficient (Wildman–Crippen LogP) is 2.42. The molecular weight excluding hydrogens is 242 g/mol. The lowest BCUT2D eigenvalue weighted by Gasteiger charge is -2.07. The van der Waals surface area contributed by atoms with E-state index in [1.54, 1.807) is 25.2 Å². The van der Waals surface area contributed by atoms with E-state index in [2.05, 4.69) is 9.36 Å². The molecule has 0 aliphatic rings. The quantitative estimate of drug-likeness (QED) is 0.669. The number of benzene rings is 1. The first kappa shape index (κ1) is 11.2. The van der Waals surface area contributed by atoms with Crippen LogP contribution in [0.3, 0.4) is 0 Å². The van der Waals surface area contributed by atoms with Crippen LogP contribution in [0.1, 0.15) is 5.56 Å². The zero-order valence-electron chi connectivity index (χ0n) is 8.71. The molecule has 1 heterocycles. The molecule has 0 aliphatic carbocycles. The van der Waals surface area contributed by atoms with Gasteiger partial charge in [0.2, 0.25) is 0 Å². The van der Waals surface area contributed by atoms with Crippen molar-refractivity contribution in [3.05, 3.63) is 30.1 Å². The predicted molar refractivity (Wildman–Crippen MR) is 66.9 cm³/mol. The topological polar surface area (TPSA) is 61.0 Å². The van der Waals surface area contributed by atoms with Crippen LogP contribution in [0.5, 0.6) is 5.75 Å². The van der Waals surface area contributed by atoms with E-state index >= 15 is 0 Å². The Morgan fingerprint density at radius 1 is 1.50 bits per heavy atom. The van der Waals surface area contributed by atoms with Gasteiger partial charge in [0.05, 0.1) is 7.11 Å². The van der Waals surface area contributed by atoms with Crippen LogP contribution in [-0.2, 0) is 5.75 Å². The van der Waals surface area contributed by atoms with Gasteiger partial charge in [-0.05, 0) is 17.6 Å². The highest BCUT2D eigenvalue weighted by atomic mass is 32.2. The molecule has 0 aliphatic heterocycles. The third-order valence-corrected chi connectivity index (χ3v) is 3.85. The molecule has 1 aromatic carbocycles. The summed E-state index contributed by atoms with van der Waals surface area (Å²) in [5.74, 6) is 1.62. The van der Waals surface area contributed by atoms with E-state index in [-0.39, 0.29) is 0 Å². The van der Waals surface area contributed by atoms with Crippen molar-refractivity contribution < 1.29 is 4.74 Å². The van der Waals surface area contributed by atoms with Gasteiger partial charge in [-0.2, -0.15) is 4.37 Å². The molecular formula is C10H11N3OS2. The Hall–Kier alpha value is -1.27. The van der Waals surface area contributed by atoms with Crippen LogP contribution in [0.25, 0.3) is 0 Å². The van der Waals surface area contributed by atoms with Gasteiger partial charge >= 0.3 is 0 Å². The molecule has 0 amide bonds. The molecule has 2 aromatic rings. The van der Waals surface area contributed by atoms with E-state index < -0.39 is 0 Å². The van der Waals surface area contributed by atoms with E-state index in [9.17, 15) is 0 Å². The van der Waals surface area contributed by atoms with E-state index in [0.29, 0.717) is 5.69 Å². The van der Waals surface area contributed by atoms with Crippen molar-refractivity contribution in [1.29, 1.82) is 0 Å². The molecule has 0 spiro atoms. The summed E-state index contributed by atoms with van der Waals surface area (Å²) in [7, 11) is 1.65. The molecule has 2 N–H and O–H groups in total. The lowest BCUT2D eigenvalue weighted by atomic mass is 10.2. The Morgan fingerprint density at radius 3 is 3.06 bits per heavy atom. The molecule has 0 saturated heterocycles. The van der Waals surface area contributed by atoms with Gasteiger partial charge in [0, 0.05) is 23.1 Å². The van der Waals surface area contributed by atoms with E-state index in [1.807, 2.05) is 18.2 Å². The average molecular weight is 253 g/mol. The minimum Gasteiger partial charge on any atom is -0.496 e.